The number of hydrogen-bond donors (Lipinski definition) is 0. The zero-order valence-corrected chi connectivity index (χ0v) is 17.5. The third-order valence-electron chi connectivity index (χ3n) is 5.14. The Bertz CT molecular complexity index is 1300. The fourth-order valence-electron chi connectivity index (χ4n) is 3.48. The van der Waals surface area contributed by atoms with Crippen LogP contribution in [-0.2, 0) is 21.9 Å². The Hall–Kier alpha value is -3.88. The van der Waals surface area contributed by atoms with Gasteiger partial charge in [-0.2, -0.15) is 26.3 Å². The molecule has 3 aromatic carbocycles. The van der Waals surface area contributed by atoms with Crippen molar-refractivity contribution in [1.29, 1.82) is 0 Å². The maximum absolute atomic E-state index is 12.9. The maximum atomic E-state index is 12.9. The molecule has 0 unspecified atom stereocenters. The minimum absolute atomic E-state index is 0.00442. The lowest BCUT2D eigenvalue weighted by Crippen LogP contribution is -2.04. The normalized spacial score (nSPS) is 15.4. The summed E-state index contributed by atoms with van der Waals surface area (Å²) in [5.74, 6) is -0.540. The van der Waals surface area contributed by atoms with Crippen molar-refractivity contribution in [2.75, 3.05) is 0 Å². The summed E-state index contributed by atoms with van der Waals surface area (Å²) in [6.45, 7) is 1.49. The van der Waals surface area contributed by atoms with Crippen molar-refractivity contribution in [3.63, 3.8) is 0 Å². The topological polar surface area (TPSA) is 38.7 Å². The van der Waals surface area contributed by atoms with Gasteiger partial charge in [0.05, 0.1) is 11.1 Å². The van der Waals surface area contributed by atoms with Gasteiger partial charge in [-0.3, -0.25) is 0 Å². The summed E-state index contributed by atoms with van der Waals surface area (Å²) >= 11 is 0. The first kappa shape index (κ1) is 23.3. The molecule has 3 aromatic rings. The van der Waals surface area contributed by atoms with Gasteiger partial charge in [0.2, 0.25) is 0 Å². The van der Waals surface area contributed by atoms with Crippen LogP contribution >= 0.6 is 0 Å². The van der Waals surface area contributed by atoms with E-state index in [0.717, 1.165) is 24.3 Å². The highest BCUT2D eigenvalue weighted by Gasteiger charge is 2.31. The highest BCUT2D eigenvalue weighted by Crippen LogP contribution is 2.35. The smallest absolute Gasteiger partial charge is 0.407 e. The van der Waals surface area contributed by atoms with Gasteiger partial charge in [0.15, 0.2) is 11.6 Å². The van der Waals surface area contributed by atoms with Crippen molar-refractivity contribution in [1.82, 2.24) is 0 Å². The molecule has 0 aliphatic carbocycles. The zero-order chi connectivity index (χ0) is 24.7. The molecule has 9 heteroatoms. The molecular formula is C25H15F6NO2. The van der Waals surface area contributed by atoms with E-state index in [1.165, 1.54) is 37.3 Å². The third kappa shape index (κ3) is 4.88. The quantitative estimate of drug-likeness (QED) is 0.225. The second-order valence-electron chi connectivity index (χ2n) is 7.50. The number of hydrogen-bond acceptors (Lipinski definition) is 3. The summed E-state index contributed by atoms with van der Waals surface area (Å²) < 4.78 is 82.4. The number of carbonyl (C=O) groups is 1. The number of alkyl halides is 6. The van der Waals surface area contributed by atoms with E-state index < -0.39 is 29.4 Å². The molecule has 3 nitrogen and oxygen atoms in total. The Morgan fingerprint density at radius 1 is 0.735 bits per heavy atom. The van der Waals surface area contributed by atoms with Crippen molar-refractivity contribution < 1.29 is 35.9 Å². The molecule has 1 heterocycles. The molecule has 0 fully saturated rings. The lowest BCUT2D eigenvalue weighted by Gasteiger charge is -2.13. The molecule has 0 aromatic heterocycles. The van der Waals surface area contributed by atoms with Gasteiger partial charge < -0.3 is 4.74 Å². The fourth-order valence-corrected chi connectivity index (χ4v) is 3.48. The van der Waals surface area contributed by atoms with E-state index in [4.69, 9.17) is 4.74 Å². The molecule has 0 N–H and O–H groups in total. The minimum Gasteiger partial charge on any atom is -0.407 e. The van der Waals surface area contributed by atoms with Gasteiger partial charge >= 0.3 is 18.3 Å². The molecule has 0 bridgehead atoms. The van der Waals surface area contributed by atoms with Crippen molar-refractivity contribution in [3.05, 3.63) is 89.1 Å². The number of cyclic esters (lactones) is 1. The molecule has 1 aliphatic rings. The van der Waals surface area contributed by atoms with E-state index in [1.54, 1.807) is 18.2 Å². The van der Waals surface area contributed by atoms with Crippen LogP contribution in [0.5, 0.6) is 0 Å². The van der Waals surface area contributed by atoms with Gasteiger partial charge in [-0.1, -0.05) is 36.4 Å². The van der Waals surface area contributed by atoms with Crippen LogP contribution in [0.2, 0.25) is 0 Å². The first-order valence-corrected chi connectivity index (χ1v) is 9.90. The summed E-state index contributed by atoms with van der Waals surface area (Å²) in [4.78, 5) is 16.1. The van der Waals surface area contributed by atoms with Crippen LogP contribution < -0.4 is 0 Å². The molecule has 0 amide bonds. The van der Waals surface area contributed by atoms with Crippen LogP contribution in [0.4, 0.5) is 26.3 Å². The van der Waals surface area contributed by atoms with Crippen molar-refractivity contribution in [2.45, 2.75) is 19.3 Å². The number of aliphatic imine (C=N–C) groups is 1. The Balaban J connectivity index is 1.81. The maximum Gasteiger partial charge on any atom is 0.416 e. The van der Waals surface area contributed by atoms with E-state index in [2.05, 4.69) is 4.99 Å². The standard InChI is InChI=1S/C25H15F6NO2/c1-14-32-22(23(33)34-14)13-18-12-17(15-2-7-19(8-3-15)24(26,27)28)6-11-21(18)16-4-9-20(10-5-16)25(29,30)31/h2-13H,1H3/b22-13-. The molecule has 0 radical (unpaired) electrons. The van der Waals surface area contributed by atoms with Crippen LogP contribution in [0.1, 0.15) is 23.6 Å². The molecular weight excluding hydrogens is 460 g/mol. The number of benzene rings is 3. The summed E-state index contributed by atoms with van der Waals surface area (Å²) in [7, 11) is 0. The number of carbonyl (C=O) groups excluding carboxylic acids is 1. The highest BCUT2D eigenvalue weighted by molar-refractivity contribution is 6.07. The second-order valence-corrected chi connectivity index (χ2v) is 7.50. The SMILES string of the molecule is CC1=N/C(=C\c2cc(-c3ccc(C(F)(F)F)cc3)ccc2-c2ccc(C(F)(F)F)cc2)C(=O)O1. The molecule has 4 rings (SSSR count). The average Bonchev–Trinajstić information content (AvgIpc) is 3.09. The van der Waals surface area contributed by atoms with Crippen LogP contribution in [0.3, 0.4) is 0 Å². The van der Waals surface area contributed by atoms with Crippen LogP contribution in [0, 0.1) is 0 Å². The van der Waals surface area contributed by atoms with E-state index in [1.807, 2.05) is 0 Å². The lowest BCUT2D eigenvalue weighted by atomic mass is 9.93. The summed E-state index contributed by atoms with van der Waals surface area (Å²) in [6.07, 6.45) is -7.53. The largest absolute Gasteiger partial charge is 0.416 e. The van der Waals surface area contributed by atoms with Crippen LogP contribution in [0.25, 0.3) is 28.3 Å². The zero-order valence-electron chi connectivity index (χ0n) is 17.5. The van der Waals surface area contributed by atoms with Gasteiger partial charge in [0.25, 0.3) is 0 Å². The van der Waals surface area contributed by atoms with E-state index in [0.29, 0.717) is 27.8 Å². The number of halogens is 6. The Labute approximate surface area is 190 Å². The third-order valence-corrected chi connectivity index (χ3v) is 5.14. The molecule has 0 saturated heterocycles. The Morgan fingerprint density at radius 2 is 1.24 bits per heavy atom. The van der Waals surface area contributed by atoms with Gasteiger partial charge in [-0.15, -0.1) is 0 Å². The Morgan fingerprint density at radius 3 is 1.71 bits per heavy atom. The lowest BCUT2D eigenvalue weighted by molar-refractivity contribution is -0.138. The molecule has 34 heavy (non-hydrogen) atoms. The molecule has 1 aliphatic heterocycles. The first-order chi connectivity index (χ1) is 15.9. The molecule has 0 saturated carbocycles. The second kappa shape index (κ2) is 8.48. The van der Waals surface area contributed by atoms with E-state index in [9.17, 15) is 31.1 Å². The highest BCUT2D eigenvalue weighted by atomic mass is 19.4. The fraction of sp³-hybridized carbons (Fsp3) is 0.120. The van der Waals surface area contributed by atoms with E-state index in [-0.39, 0.29) is 11.6 Å². The summed E-state index contributed by atoms with van der Waals surface area (Å²) in [6, 6.07) is 13.9. The predicted molar refractivity (Wildman–Crippen MR) is 114 cm³/mol. The summed E-state index contributed by atoms with van der Waals surface area (Å²) in [5, 5.41) is 0. The van der Waals surface area contributed by atoms with Crippen molar-refractivity contribution >= 4 is 17.9 Å². The van der Waals surface area contributed by atoms with Crippen molar-refractivity contribution in [3.8, 4) is 22.3 Å². The molecule has 0 atom stereocenters. The molecule has 174 valence electrons. The number of rotatable bonds is 3. The van der Waals surface area contributed by atoms with E-state index >= 15 is 0 Å². The van der Waals surface area contributed by atoms with Gasteiger partial charge in [0.1, 0.15) is 0 Å². The first-order valence-electron chi connectivity index (χ1n) is 9.90. The average molecular weight is 475 g/mol. The predicted octanol–water partition coefficient (Wildman–Crippen LogP) is 7.37. The number of nitrogens with zero attached hydrogens (tertiary/aromatic N) is 1. The van der Waals surface area contributed by atoms with Crippen LogP contribution in [0.15, 0.2) is 77.4 Å². The van der Waals surface area contributed by atoms with Gasteiger partial charge in [0, 0.05) is 6.92 Å². The summed E-state index contributed by atoms with van der Waals surface area (Å²) in [5.41, 5.74) is 0.812. The van der Waals surface area contributed by atoms with Gasteiger partial charge in [-0.25, -0.2) is 9.79 Å². The minimum atomic E-state index is -4.49. The van der Waals surface area contributed by atoms with Crippen molar-refractivity contribution in [2.24, 2.45) is 4.99 Å². The number of ether oxygens (including phenoxy) is 1. The molecule has 0 spiro atoms. The monoisotopic (exact) mass is 475 g/mol. The van der Waals surface area contributed by atoms with Gasteiger partial charge in [-0.05, 0) is 64.2 Å². The van der Waals surface area contributed by atoms with Crippen LogP contribution in [-0.4, -0.2) is 11.9 Å². The number of esters is 1. The Kier molecular flexibility index (Phi) is 5.80.